The minimum Gasteiger partial charge on any atom is -0.389 e. The molecule has 1 rings (SSSR count). The van der Waals surface area contributed by atoms with Gasteiger partial charge in [0.15, 0.2) is 0 Å². The molecular formula is C27H47FO. The molecule has 1 aromatic carbocycles. The van der Waals surface area contributed by atoms with E-state index in [-0.39, 0.29) is 17.7 Å². The highest BCUT2D eigenvalue weighted by Crippen LogP contribution is 2.39. The molecule has 1 aromatic rings. The van der Waals surface area contributed by atoms with Gasteiger partial charge in [-0.05, 0) is 61.1 Å². The summed E-state index contributed by atoms with van der Waals surface area (Å²) >= 11 is 0. The van der Waals surface area contributed by atoms with E-state index in [1.165, 1.54) is 44.6 Å². The van der Waals surface area contributed by atoms with E-state index in [4.69, 9.17) is 0 Å². The topological polar surface area (TPSA) is 20.2 Å². The van der Waals surface area contributed by atoms with E-state index in [1.807, 2.05) is 6.07 Å². The average molecular weight is 407 g/mol. The Hall–Kier alpha value is -0.890. The van der Waals surface area contributed by atoms with Crippen molar-refractivity contribution < 1.29 is 9.50 Å². The molecule has 0 bridgehead atoms. The molecule has 0 radical (unpaired) electrons. The van der Waals surface area contributed by atoms with Crippen LogP contribution < -0.4 is 0 Å². The van der Waals surface area contributed by atoms with Crippen molar-refractivity contribution in [1.29, 1.82) is 0 Å². The van der Waals surface area contributed by atoms with Gasteiger partial charge >= 0.3 is 0 Å². The van der Waals surface area contributed by atoms with Crippen molar-refractivity contribution in [2.75, 3.05) is 0 Å². The highest BCUT2D eigenvalue weighted by atomic mass is 19.1. The van der Waals surface area contributed by atoms with Crippen LogP contribution >= 0.6 is 0 Å². The van der Waals surface area contributed by atoms with Gasteiger partial charge in [0.1, 0.15) is 5.82 Å². The number of benzene rings is 1. The minimum absolute atomic E-state index is 0.138. The number of aliphatic hydroxyl groups is 1. The molecule has 1 atom stereocenters. The molecule has 0 aromatic heterocycles. The van der Waals surface area contributed by atoms with Gasteiger partial charge < -0.3 is 5.11 Å². The lowest BCUT2D eigenvalue weighted by atomic mass is 9.68. The second-order valence-corrected chi connectivity index (χ2v) is 9.68. The van der Waals surface area contributed by atoms with Gasteiger partial charge in [-0.3, -0.25) is 0 Å². The van der Waals surface area contributed by atoms with Gasteiger partial charge in [-0.15, -0.1) is 0 Å². The van der Waals surface area contributed by atoms with Crippen LogP contribution in [0.3, 0.4) is 0 Å². The van der Waals surface area contributed by atoms with Crippen LogP contribution in [-0.2, 0) is 6.42 Å². The van der Waals surface area contributed by atoms with E-state index in [2.05, 4.69) is 34.6 Å². The molecule has 1 unspecified atom stereocenters. The minimum atomic E-state index is -0.577. The maximum Gasteiger partial charge on any atom is 0.123 e. The highest BCUT2D eigenvalue weighted by molar-refractivity contribution is 5.16. The van der Waals surface area contributed by atoms with Crippen LogP contribution in [0.25, 0.3) is 0 Å². The number of aryl methyl sites for hydroxylation is 1. The number of rotatable bonds is 16. The molecule has 0 fully saturated rings. The summed E-state index contributed by atoms with van der Waals surface area (Å²) in [5, 5.41) is 11.6. The fourth-order valence-electron chi connectivity index (χ4n) is 4.98. The predicted octanol–water partition coefficient (Wildman–Crippen LogP) is 8.34. The molecule has 1 nitrogen and oxygen atoms in total. The Morgan fingerprint density at radius 2 is 1.38 bits per heavy atom. The second kappa shape index (κ2) is 14.2. The number of halogens is 1. The largest absolute Gasteiger partial charge is 0.389 e. The van der Waals surface area contributed by atoms with Crippen LogP contribution in [0, 0.1) is 23.6 Å². The first-order valence-corrected chi connectivity index (χ1v) is 12.3. The lowest BCUT2D eigenvalue weighted by Gasteiger charge is -2.43. The number of hydrogen-bond acceptors (Lipinski definition) is 1. The van der Waals surface area contributed by atoms with Crippen molar-refractivity contribution in [3.8, 4) is 0 Å². The molecule has 0 spiro atoms. The molecule has 0 aliphatic heterocycles. The zero-order chi connectivity index (χ0) is 21.7. The SMILES string of the molecule is CCCCCCCCC(CCCCCc1cccc(F)c1)C(O)(C(C)C)C(C)C. The third-order valence-electron chi connectivity index (χ3n) is 6.82. The van der Waals surface area contributed by atoms with E-state index >= 15 is 0 Å². The zero-order valence-corrected chi connectivity index (χ0v) is 19.9. The Labute approximate surface area is 180 Å². The number of unbranched alkanes of at least 4 members (excludes halogenated alkanes) is 7. The standard InChI is InChI=1S/C27H47FO/c1-6-7-8-9-10-13-18-25(27(29,22(2)3)23(4)5)19-14-11-12-16-24-17-15-20-26(28)21-24/h15,17,20-23,25,29H,6-14,16,18-19H2,1-5H3. The van der Waals surface area contributed by atoms with E-state index in [0.717, 1.165) is 44.1 Å². The van der Waals surface area contributed by atoms with Crippen LogP contribution in [0.15, 0.2) is 24.3 Å². The predicted molar refractivity (Wildman–Crippen MR) is 125 cm³/mol. The monoisotopic (exact) mass is 406 g/mol. The zero-order valence-electron chi connectivity index (χ0n) is 19.9. The fourth-order valence-corrected chi connectivity index (χ4v) is 4.98. The summed E-state index contributed by atoms with van der Waals surface area (Å²) in [7, 11) is 0. The molecule has 168 valence electrons. The molecule has 0 aliphatic carbocycles. The summed E-state index contributed by atoms with van der Waals surface area (Å²) in [5.41, 5.74) is 0.515. The van der Waals surface area contributed by atoms with Crippen LogP contribution in [0.4, 0.5) is 4.39 Å². The van der Waals surface area contributed by atoms with Crippen LogP contribution in [0.5, 0.6) is 0 Å². The molecule has 0 saturated carbocycles. The smallest absolute Gasteiger partial charge is 0.123 e. The molecule has 0 saturated heterocycles. The summed E-state index contributed by atoms with van der Waals surface area (Å²) in [6.07, 6.45) is 14.4. The Balaban J connectivity index is 2.52. The third kappa shape index (κ3) is 9.20. The molecule has 0 aliphatic rings. The Bertz CT molecular complexity index is 529. The lowest BCUT2D eigenvalue weighted by Crippen LogP contribution is -2.47. The maximum absolute atomic E-state index is 13.3. The second-order valence-electron chi connectivity index (χ2n) is 9.68. The normalized spacial score (nSPS) is 13.4. The summed E-state index contributed by atoms with van der Waals surface area (Å²) in [6, 6.07) is 6.97. The van der Waals surface area contributed by atoms with Crippen molar-refractivity contribution in [3.63, 3.8) is 0 Å². The average Bonchev–Trinajstić information content (AvgIpc) is 2.67. The molecular weight excluding hydrogens is 359 g/mol. The first-order valence-electron chi connectivity index (χ1n) is 12.3. The van der Waals surface area contributed by atoms with Crippen molar-refractivity contribution in [3.05, 3.63) is 35.6 Å². The first-order chi connectivity index (χ1) is 13.8. The number of hydrogen-bond donors (Lipinski definition) is 1. The summed E-state index contributed by atoms with van der Waals surface area (Å²) in [6.45, 7) is 11.0. The molecule has 29 heavy (non-hydrogen) atoms. The van der Waals surface area contributed by atoms with Crippen molar-refractivity contribution >= 4 is 0 Å². The van der Waals surface area contributed by atoms with Gasteiger partial charge in [0.05, 0.1) is 5.60 Å². The highest BCUT2D eigenvalue weighted by Gasteiger charge is 2.41. The molecule has 2 heteroatoms. The third-order valence-corrected chi connectivity index (χ3v) is 6.82. The fraction of sp³-hybridized carbons (Fsp3) is 0.778. The van der Waals surface area contributed by atoms with Gasteiger partial charge in [-0.25, -0.2) is 4.39 Å². The van der Waals surface area contributed by atoms with E-state index in [9.17, 15) is 9.50 Å². The van der Waals surface area contributed by atoms with E-state index in [1.54, 1.807) is 12.1 Å². The van der Waals surface area contributed by atoms with Crippen LogP contribution in [0.1, 0.15) is 111 Å². The first kappa shape index (κ1) is 26.1. The summed E-state index contributed by atoms with van der Waals surface area (Å²) < 4.78 is 13.3. The van der Waals surface area contributed by atoms with Crippen molar-refractivity contribution in [1.82, 2.24) is 0 Å². The van der Waals surface area contributed by atoms with Gasteiger partial charge in [-0.2, -0.15) is 0 Å². The Morgan fingerprint density at radius 1 is 0.828 bits per heavy atom. The van der Waals surface area contributed by atoms with Gasteiger partial charge in [-0.1, -0.05) is 98.1 Å². The van der Waals surface area contributed by atoms with E-state index < -0.39 is 5.60 Å². The quantitative estimate of drug-likeness (QED) is 0.273. The summed E-state index contributed by atoms with van der Waals surface area (Å²) in [4.78, 5) is 0. The van der Waals surface area contributed by atoms with E-state index in [0.29, 0.717) is 5.92 Å². The van der Waals surface area contributed by atoms with Crippen LogP contribution in [-0.4, -0.2) is 10.7 Å². The van der Waals surface area contributed by atoms with Gasteiger partial charge in [0, 0.05) is 0 Å². The van der Waals surface area contributed by atoms with Crippen molar-refractivity contribution in [2.24, 2.45) is 17.8 Å². The Morgan fingerprint density at radius 3 is 1.93 bits per heavy atom. The van der Waals surface area contributed by atoms with Gasteiger partial charge in [0.2, 0.25) is 0 Å². The maximum atomic E-state index is 13.3. The summed E-state index contributed by atoms with van der Waals surface area (Å²) in [5.74, 6) is 0.794. The molecule has 1 N–H and O–H groups in total. The van der Waals surface area contributed by atoms with Crippen molar-refractivity contribution in [2.45, 2.75) is 117 Å². The van der Waals surface area contributed by atoms with Gasteiger partial charge in [0.25, 0.3) is 0 Å². The molecule has 0 amide bonds. The van der Waals surface area contributed by atoms with Crippen LogP contribution in [0.2, 0.25) is 0 Å². The molecule has 0 heterocycles. The Kier molecular flexibility index (Phi) is 12.8. The lowest BCUT2D eigenvalue weighted by molar-refractivity contribution is -0.102.